The average molecular weight is 661 g/mol. The fourth-order valence-electron chi connectivity index (χ4n) is 5.47. The Hall–Kier alpha value is -4.92. The van der Waals surface area contributed by atoms with Gasteiger partial charge in [-0.1, -0.05) is 61.0 Å². The number of nitrogens with zero attached hydrogens (tertiary/aromatic N) is 5. The number of hydrogen-bond donors (Lipinski definition) is 3. The van der Waals surface area contributed by atoms with E-state index in [1.54, 1.807) is 54.7 Å². The second-order valence-corrected chi connectivity index (χ2v) is 13.9. The number of Topliss-reactive ketones (excluding diaryl/α,β-unsaturated/α-hetero) is 1. The lowest BCUT2D eigenvalue weighted by molar-refractivity contribution is -0.114. The van der Waals surface area contributed by atoms with Crippen molar-refractivity contribution in [3.8, 4) is 5.69 Å². The number of anilines is 1. The van der Waals surface area contributed by atoms with Gasteiger partial charge in [-0.05, 0) is 61.2 Å². The molecule has 0 saturated carbocycles. The van der Waals surface area contributed by atoms with Crippen LogP contribution in [0.3, 0.4) is 0 Å². The maximum atomic E-state index is 13.8. The zero-order chi connectivity index (χ0) is 33.9. The molecule has 0 spiro atoms. The molecule has 0 unspecified atom stereocenters. The van der Waals surface area contributed by atoms with E-state index in [1.165, 1.54) is 26.0 Å². The Bertz CT molecular complexity index is 1880. The molecule has 0 fully saturated rings. The smallest absolute Gasteiger partial charge is 0.404 e. The molecule has 2 atom stereocenters. The van der Waals surface area contributed by atoms with E-state index in [9.17, 15) is 33.0 Å². The van der Waals surface area contributed by atoms with Crippen molar-refractivity contribution in [2.45, 2.75) is 50.8 Å². The number of aliphatic hydroxyl groups is 1. The van der Waals surface area contributed by atoms with Crippen molar-refractivity contribution in [1.82, 2.24) is 24.6 Å². The van der Waals surface area contributed by atoms with Crippen LogP contribution in [0.4, 0.5) is 10.5 Å². The van der Waals surface area contributed by atoms with Gasteiger partial charge in [-0.2, -0.15) is 4.31 Å². The van der Waals surface area contributed by atoms with Gasteiger partial charge in [0.15, 0.2) is 0 Å². The van der Waals surface area contributed by atoms with E-state index in [4.69, 9.17) is 0 Å². The summed E-state index contributed by atoms with van der Waals surface area (Å²) in [6.45, 7) is 5.34. The fourth-order valence-corrected chi connectivity index (χ4v) is 7.10. The quantitative estimate of drug-likeness (QED) is 0.182. The largest absolute Gasteiger partial charge is 0.465 e. The molecule has 13 nitrogen and oxygen atoms in total. The molecule has 1 aromatic heterocycles. The van der Waals surface area contributed by atoms with Crippen LogP contribution in [-0.4, -0.2) is 80.9 Å². The van der Waals surface area contributed by atoms with E-state index in [-0.39, 0.29) is 36.9 Å². The van der Waals surface area contributed by atoms with Crippen molar-refractivity contribution < 1.29 is 33.0 Å². The lowest BCUT2D eigenvalue weighted by atomic mass is 10.0. The molecule has 14 heteroatoms. The van der Waals surface area contributed by atoms with Gasteiger partial charge in [-0.3, -0.25) is 14.5 Å². The number of carbonyl (C=O) groups is 3. The molecule has 3 N–H and O–H groups in total. The maximum Gasteiger partial charge on any atom is 0.404 e. The summed E-state index contributed by atoms with van der Waals surface area (Å²) in [7, 11) is -4.10. The van der Waals surface area contributed by atoms with Gasteiger partial charge in [0.05, 0.1) is 46.7 Å². The minimum absolute atomic E-state index is 0.0201. The lowest BCUT2D eigenvalue weighted by Gasteiger charge is -2.30. The van der Waals surface area contributed by atoms with Crippen molar-refractivity contribution in [1.29, 1.82) is 0 Å². The van der Waals surface area contributed by atoms with Crippen LogP contribution in [0.2, 0.25) is 0 Å². The lowest BCUT2D eigenvalue weighted by Crippen LogP contribution is -2.50. The molecule has 2 heterocycles. The minimum atomic E-state index is -4.10. The monoisotopic (exact) mass is 660 g/mol. The van der Waals surface area contributed by atoms with Gasteiger partial charge in [0.1, 0.15) is 5.69 Å². The van der Waals surface area contributed by atoms with Gasteiger partial charge in [-0.25, -0.2) is 17.9 Å². The molecule has 5 rings (SSSR count). The van der Waals surface area contributed by atoms with Crippen LogP contribution in [0.1, 0.15) is 41.0 Å². The first kappa shape index (κ1) is 33.4. The predicted octanol–water partition coefficient (Wildman–Crippen LogP) is 3.19. The maximum absolute atomic E-state index is 13.8. The molecule has 246 valence electrons. The number of rotatable bonds is 13. The number of fused-ring (bicyclic) bond motifs is 1. The Morgan fingerprint density at radius 3 is 2.36 bits per heavy atom. The molecule has 1 aliphatic heterocycles. The number of amides is 2. The molecule has 4 aromatic rings. The van der Waals surface area contributed by atoms with Gasteiger partial charge in [0.2, 0.25) is 10.0 Å². The highest BCUT2D eigenvalue weighted by atomic mass is 32.2. The van der Waals surface area contributed by atoms with Gasteiger partial charge in [-0.15, -0.1) is 5.10 Å². The molecule has 1 aliphatic rings. The summed E-state index contributed by atoms with van der Waals surface area (Å²) >= 11 is 0. The van der Waals surface area contributed by atoms with Gasteiger partial charge < -0.3 is 15.5 Å². The number of sulfonamides is 1. The highest BCUT2D eigenvalue weighted by Gasteiger charge is 2.36. The van der Waals surface area contributed by atoms with Crippen LogP contribution in [0.15, 0.2) is 83.9 Å². The zero-order valence-electron chi connectivity index (χ0n) is 26.1. The van der Waals surface area contributed by atoms with Crippen LogP contribution >= 0.6 is 0 Å². The van der Waals surface area contributed by atoms with E-state index >= 15 is 0 Å². The number of carbonyl (C=O) groups excluding carboxylic acids is 2. The third-order valence-electron chi connectivity index (χ3n) is 7.76. The molecule has 2 amide bonds. The van der Waals surface area contributed by atoms with Gasteiger partial charge in [0, 0.05) is 13.1 Å². The van der Waals surface area contributed by atoms with Crippen LogP contribution < -0.4 is 10.2 Å². The fraction of sp³-hybridized carbons (Fsp3) is 0.303. The van der Waals surface area contributed by atoms with E-state index in [1.807, 2.05) is 32.9 Å². The Labute approximate surface area is 272 Å². The van der Waals surface area contributed by atoms with E-state index < -0.39 is 40.0 Å². The predicted molar refractivity (Wildman–Crippen MR) is 173 cm³/mol. The molecule has 0 bridgehead atoms. The van der Waals surface area contributed by atoms with Crippen LogP contribution in [-0.2, 0) is 27.8 Å². The first-order valence-corrected chi connectivity index (χ1v) is 16.5. The normalized spacial score (nSPS) is 14.5. The molecule has 0 aliphatic carbocycles. The second kappa shape index (κ2) is 13.8. The molecule has 0 radical (unpaired) electrons. The average Bonchev–Trinajstić information content (AvgIpc) is 3.59. The highest BCUT2D eigenvalue weighted by Crippen LogP contribution is 2.31. The summed E-state index contributed by atoms with van der Waals surface area (Å²) in [5.74, 6) is -1.30. The number of aromatic nitrogens is 3. The summed E-state index contributed by atoms with van der Waals surface area (Å²) in [4.78, 5) is 38.0. The number of nitrogens with one attached hydrogen (secondary N) is 1. The summed E-state index contributed by atoms with van der Waals surface area (Å²) in [6, 6.07) is 19.3. The second-order valence-electron chi connectivity index (χ2n) is 11.9. The summed E-state index contributed by atoms with van der Waals surface area (Å²) < 4.78 is 30.2. The van der Waals surface area contributed by atoms with E-state index in [0.29, 0.717) is 22.6 Å². The summed E-state index contributed by atoms with van der Waals surface area (Å²) in [5.41, 5.74) is 3.45. The third-order valence-corrected chi connectivity index (χ3v) is 9.60. The van der Waals surface area contributed by atoms with Crippen LogP contribution in [0.5, 0.6) is 0 Å². The number of ketones is 1. The first-order valence-electron chi connectivity index (χ1n) is 15.0. The Balaban J connectivity index is 1.32. The number of hydrogen-bond acceptors (Lipinski definition) is 8. The topological polar surface area (TPSA) is 175 Å². The van der Waals surface area contributed by atoms with E-state index in [0.717, 1.165) is 11.1 Å². The van der Waals surface area contributed by atoms with Crippen molar-refractivity contribution in [2.75, 3.05) is 18.0 Å². The highest BCUT2D eigenvalue weighted by molar-refractivity contribution is 7.89. The van der Waals surface area contributed by atoms with E-state index in [2.05, 4.69) is 15.6 Å². The van der Waals surface area contributed by atoms with Crippen LogP contribution in [0, 0.1) is 12.8 Å². The SMILES string of the molecule is Cc1ccc2c(c1)C(=O)C(=O)N2Cc1cn(-c2ccc(S(=O)(=O)N(CC(C)C)C[C@@H](O)[C@H](Cc3ccccc3)NC(=O)O)cc2)nn1. The van der Waals surface area contributed by atoms with Crippen molar-refractivity contribution in [3.63, 3.8) is 0 Å². The van der Waals surface area contributed by atoms with Crippen LogP contribution in [0.25, 0.3) is 5.69 Å². The number of aliphatic hydroxyl groups excluding tert-OH is 1. The first-order chi connectivity index (χ1) is 22.3. The molecule has 3 aromatic carbocycles. The Morgan fingerprint density at radius 1 is 1.00 bits per heavy atom. The third kappa shape index (κ3) is 7.56. The van der Waals surface area contributed by atoms with Crippen molar-refractivity contribution >= 4 is 33.5 Å². The number of aryl methyl sites for hydroxylation is 1. The standard InChI is InChI=1S/C33H36N6O7S/c1-21(2)17-37(20-30(40)28(34-33(43)44)16-23-7-5-4-6-8-23)47(45,46)26-12-10-25(11-13-26)39-19-24(35-36-39)18-38-29-14-9-22(3)15-27(29)31(41)32(38)42/h4-15,19,21,28,30,34,40H,16-18,20H2,1-3H3,(H,43,44)/t28-,30+/m0/s1. The molecule has 47 heavy (non-hydrogen) atoms. The number of carboxylic acid groups (broad SMARTS) is 1. The molecular formula is C33H36N6O7S. The minimum Gasteiger partial charge on any atom is -0.465 e. The number of benzene rings is 3. The Kier molecular flexibility index (Phi) is 9.84. The van der Waals surface area contributed by atoms with Gasteiger partial charge in [0.25, 0.3) is 11.7 Å². The zero-order valence-corrected chi connectivity index (χ0v) is 27.0. The molecular weight excluding hydrogens is 624 g/mol. The summed E-state index contributed by atoms with van der Waals surface area (Å²) in [6.07, 6.45) is -0.888. The Morgan fingerprint density at radius 2 is 1.70 bits per heavy atom. The van der Waals surface area contributed by atoms with Gasteiger partial charge >= 0.3 is 6.09 Å². The van der Waals surface area contributed by atoms with Crippen molar-refractivity contribution in [3.05, 3.63) is 101 Å². The van der Waals surface area contributed by atoms with Crippen molar-refractivity contribution in [2.24, 2.45) is 5.92 Å². The summed E-state index contributed by atoms with van der Waals surface area (Å²) in [5, 5.41) is 31.1. The molecule has 0 saturated heterocycles.